The highest BCUT2D eigenvalue weighted by Crippen LogP contribution is 2.59. The molecule has 4 rings (SSSR count). The highest BCUT2D eigenvalue weighted by molar-refractivity contribution is 5.96. The van der Waals surface area contributed by atoms with Crippen LogP contribution < -0.4 is 20.5 Å². The molecule has 2 aliphatic rings. The van der Waals surface area contributed by atoms with Crippen molar-refractivity contribution in [3.05, 3.63) is 35.5 Å². The van der Waals surface area contributed by atoms with E-state index in [9.17, 15) is 14.7 Å². The third kappa shape index (κ3) is 5.52. The first kappa shape index (κ1) is 26.4. The van der Waals surface area contributed by atoms with E-state index in [0.717, 1.165) is 50.0 Å². The molecule has 2 fully saturated rings. The van der Waals surface area contributed by atoms with Crippen molar-refractivity contribution in [2.24, 2.45) is 16.4 Å². The maximum atomic E-state index is 12.1. The van der Waals surface area contributed by atoms with Crippen molar-refractivity contribution in [2.75, 3.05) is 35.3 Å². The predicted octanol–water partition coefficient (Wildman–Crippen LogP) is 3.90. The first-order chi connectivity index (χ1) is 17.7. The minimum atomic E-state index is -0.656. The van der Waals surface area contributed by atoms with Crippen molar-refractivity contribution in [1.29, 1.82) is 0 Å². The number of anilines is 4. The number of hydrogen-bond acceptors (Lipinski definition) is 9. The summed E-state index contributed by atoms with van der Waals surface area (Å²) in [5, 5.41) is 16.7. The van der Waals surface area contributed by atoms with Crippen LogP contribution in [0.15, 0.2) is 29.4 Å². The maximum absolute atomic E-state index is 12.1. The van der Waals surface area contributed by atoms with Gasteiger partial charge in [-0.15, -0.1) is 0 Å². The average molecular weight is 508 g/mol. The van der Waals surface area contributed by atoms with E-state index in [1.807, 2.05) is 24.3 Å². The Morgan fingerprint density at radius 3 is 2.32 bits per heavy atom. The Balaban J connectivity index is 1.55. The minimum Gasteiger partial charge on any atom is -0.481 e. The Kier molecular flexibility index (Phi) is 7.65. The van der Waals surface area contributed by atoms with E-state index in [4.69, 9.17) is 4.98 Å². The van der Waals surface area contributed by atoms with Crippen molar-refractivity contribution < 1.29 is 14.7 Å². The highest BCUT2D eigenvalue weighted by Gasteiger charge is 2.58. The number of carbonyl (C=O) groups excluding carboxylic acids is 1. The van der Waals surface area contributed by atoms with Crippen LogP contribution in [0.3, 0.4) is 0 Å². The summed E-state index contributed by atoms with van der Waals surface area (Å²) in [6, 6.07) is 8.35. The van der Waals surface area contributed by atoms with E-state index in [1.54, 1.807) is 7.05 Å². The van der Waals surface area contributed by atoms with Gasteiger partial charge in [0.25, 0.3) is 0 Å². The lowest BCUT2D eigenvalue weighted by molar-refractivity contribution is -0.139. The lowest BCUT2D eigenvalue weighted by atomic mass is 9.90. The van der Waals surface area contributed by atoms with E-state index < -0.39 is 5.97 Å². The normalized spacial score (nSPS) is 18.5. The Labute approximate surface area is 218 Å². The van der Waals surface area contributed by atoms with Gasteiger partial charge < -0.3 is 25.6 Å². The first-order valence-corrected chi connectivity index (χ1v) is 12.9. The molecule has 1 aromatic carbocycles. The first-order valence-electron chi connectivity index (χ1n) is 12.9. The molecule has 0 amide bonds. The summed E-state index contributed by atoms with van der Waals surface area (Å²) in [4.78, 5) is 37.2. The van der Waals surface area contributed by atoms with Gasteiger partial charge in [0.2, 0.25) is 5.95 Å². The van der Waals surface area contributed by atoms with Crippen LogP contribution in [0.2, 0.25) is 0 Å². The minimum absolute atomic E-state index is 0.00788. The van der Waals surface area contributed by atoms with Gasteiger partial charge in [-0.2, -0.15) is 10.1 Å². The number of aromatic nitrogens is 2. The molecule has 1 saturated heterocycles. The number of hydrogen-bond donors (Lipinski definition) is 3. The Bertz CT molecular complexity index is 1150. The fourth-order valence-corrected chi connectivity index (χ4v) is 5.44. The van der Waals surface area contributed by atoms with Crippen LogP contribution in [0.5, 0.6) is 0 Å². The quantitative estimate of drug-likeness (QED) is 0.250. The molecule has 1 atom stereocenters. The van der Waals surface area contributed by atoms with Gasteiger partial charge in [0, 0.05) is 43.6 Å². The number of hydrazone groups is 1. The molecule has 1 aliphatic heterocycles. The van der Waals surface area contributed by atoms with Crippen molar-refractivity contribution in [1.82, 2.24) is 15.4 Å². The predicted molar refractivity (Wildman–Crippen MR) is 146 cm³/mol. The zero-order valence-corrected chi connectivity index (χ0v) is 22.2. The number of aliphatic carboxylic acids is 1. The third-order valence-electron chi connectivity index (χ3n) is 7.48. The smallest absolute Gasteiger partial charge is 0.307 e. The molecule has 1 unspecified atom stereocenters. The highest BCUT2D eigenvalue weighted by atomic mass is 16.4. The summed E-state index contributed by atoms with van der Waals surface area (Å²) >= 11 is 0. The number of nitrogens with zero attached hydrogens (tertiary/aromatic N) is 5. The standard InChI is InChI=1S/C27H37N7O3/c1-17(2)34(18(3)4)26-31-23(15-29-28-5)21(16-35)24(32-26)30-19-6-8-20(9-7-19)33-12-10-27(11-13-33)14-22(27)25(36)37/h6-9,15-18,22,28H,10-14H2,1-5H3,(H,36,37)(H,30,31,32)/b29-15-. The Morgan fingerprint density at radius 1 is 1.16 bits per heavy atom. The van der Waals surface area contributed by atoms with Crippen LogP contribution >= 0.6 is 0 Å². The molecule has 2 aromatic rings. The lowest BCUT2D eigenvalue weighted by Crippen LogP contribution is -2.38. The molecule has 0 radical (unpaired) electrons. The van der Waals surface area contributed by atoms with Crippen LogP contribution in [0.1, 0.15) is 63.0 Å². The van der Waals surface area contributed by atoms with E-state index in [-0.39, 0.29) is 23.4 Å². The largest absolute Gasteiger partial charge is 0.481 e. The average Bonchev–Trinajstić information content (AvgIpc) is 3.57. The number of carbonyl (C=O) groups is 2. The monoisotopic (exact) mass is 507 g/mol. The fourth-order valence-electron chi connectivity index (χ4n) is 5.44. The number of carboxylic acids is 1. The number of aldehydes is 1. The SMILES string of the molecule is CN/N=C\c1nc(N(C(C)C)C(C)C)nc(Nc2ccc(N3CCC4(CC3)CC4C(=O)O)cc2)c1C=O. The van der Waals surface area contributed by atoms with Gasteiger partial charge in [-0.05, 0) is 76.6 Å². The molecule has 1 saturated carbocycles. The second-order valence-corrected chi connectivity index (χ2v) is 10.5. The molecule has 1 aromatic heterocycles. The topological polar surface area (TPSA) is 123 Å². The number of benzene rings is 1. The number of piperidine rings is 1. The van der Waals surface area contributed by atoms with Gasteiger partial charge in [0.1, 0.15) is 11.5 Å². The second-order valence-electron chi connectivity index (χ2n) is 10.5. The van der Waals surface area contributed by atoms with Crippen LogP contribution in [-0.2, 0) is 4.79 Å². The van der Waals surface area contributed by atoms with Crippen molar-refractivity contribution in [2.45, 2.75) is 59.0 Å². The van der Waals surface area contributed by atoms with Crippen LogP contribution in [-0.4, -0.2) is 65.8 Å². The summed E-state index contributed by atoms with van der Waals surface area (Å²) in [5.74, 6) is 0.118. The van der Waals surface area contributed by atoms with Crippen molar-refractivity contribution in [3.63, 3.8) is 0 Å². The fraction of sp³-hybridized carbons (Fsp3) is 0.519. The summed E-state index contributed by atoms with van der Waals surface area (Å²) in [7, 11) is 1.69. The van der Waals surface area contributed by atoms with Gasteiger partial charge in [-0.3, -0.25) is 9.59 Å². The summed E-state index contributed by atoms with van der Waals surface area (Å²) in [6.45, 7) is 10.0. The molecular formula is C27H37N7O3. The molecule has 1 aliphatic carbocycles. The summed E-state index contributed by atoms with van der Waals surface area (Å²) in [6.07, 6.45) is 4.91. The zero-order valence-electron chi connectivity index (χ0n) is 22.2. The molecule has 3 N–H and O–H groups in total. The Morgan fingerprint density at radius 2 is 1.81 bits per heavy atom. The maximum Gasteiger partial charge on any atom is 0.307 e. The molecule has 0 bridgehead atoms. The molecule has 10 heteroatoms. The summed E-state index contributed by atoms with van der Waals surface area (Å²) in [5.41, 5.74) is 5.38. The van der Waals surface area contributed by atoms with Crippen molar-refractivity contribution in [3.8, 4) is 0 Å². The van der Waals surface area contributed by atoms with Crippen molar-refractivity contribution >= 4 is 41.6 Å². The molecule has 37 heavy (non-hydrogen) atoms. The van der Waals surface area contributed by atoms with Gasteiger partial charge in [0.05, 0.1) is 17.7 Å². The van der Waals surface area contributed by atoms with Crippen LogP contribution in [0, 0.1) is 11.3 Å². The lowest BCUT2D eigenvalue weighted by Gasteiger charge is -2.34. The third-order valence-corrected chi connectivity index (χ3v) is 7.48. The van der Waals surface area contributed by atoms with E-state index >= 15 is 0 Å². The van der Waals surface area contributed by atoms with E-state index in [2.05, 4.69) is 58.3 Å². The molecule has 1 spiro atoms. The number of rotatable bonds is 10. The zero-order chi connectivity index (χ0) is 26.7. The van der Waals surface area contributed by atoms with Gasteiger partial charge in [-0.1, -0.05) is 0 Å². The van der Waals surface area contributed by atoms with Gasteiger partial charge >= 0.3 is 5.97 Å². The Hall–Kier alpha value is -3.69. The molecular weight excluding hydrogens is 470 g/mol. The van der Waals surface area contributed by atoms with E-state index in [0.29, 0.717) is 23.0 Å². The number of carboxylic acid groups (broad SMARTS) is 1. The van der Waals surface area contributed by atoms with Gasteiger partial charge in [0.15, 0.2) is 6.29 Å². The molecule has 2 heterocycles. The van der Waals surface area contributed by atoms with Crippen LogP contribution in [0.4, 0.5) is 23.1 Å². The molecule has 198 valence electrons. The van der Waals surface area contributed by atoms with Gasteiger partial charge in [-0.25, -0.2) is 4.98 Å². The second kappa shape index (κ2) is 10.7. The number of nitrogens with one attached hydrogen (secondary N) is 2. The van der Waals surface area contributed by atoms with E-state index in [1.165, 1.54) is 6.21 Å². The van der Waals surface area contributed by atoms with Crippen LogP contribution in [0.25, 0.3) is 0 Å². The molecule has 10 nitrogen and oxygen atoms in total. The summed E-state index contributed by atoms with van der Waals surface area (Å²) < 4.78 is 0.